The molecule has 0 radical (unpaired) electrons. The molecule has 2 heterocycles. The lowest BCUT2D eigenvalue weighted by atomic mass is 10.2. The van der Waals surface area contributed by atoms with Gasteiger partial charge >= 0.3 is 0 Å². The van der Waals surface area contributed by atoms with Crippen molar-refractivity contribution in [3.63, 3.8) is 0 Å². The minimum absolute atomic E-state index is 0.0187. The standard InChI is InChI=1S/C17H21N3O3/c1-12-6-5-9-20(12)17(21)14-10-13(18-19-14)11-23-16-8-4-3-7-15(16)22-2/h3-4,7-8,10,12H,5-6,9,11H2,1-2H3,(H,18,19)/t12-/m1/s1. The Labute approximate surface area is 135 Å². The predicted octanol–water partition coefficient (Wildman–Crippen LogP) is 2.62. The number of hydrogen-bond donors (Lipinski definition) is 1. The molecule has 6 nitrogen and oxygen atoms in total. The van der Waals surface area contributed by atoms with Crippen LogP contribution >= 0.6 is 0 Å². The average molecular weight is 315 g/mol. The SMILES string of the molecule is COc1ccccc1OCc1cc(C(=O)N2CCC[C@H]2C)n[nH]1. The summed E-state index contributed by atoms with van der Waals surface area (Å²) in [6.45, 7) is 3.18. The third-order valence-electron chi connectivity index (χ3n) is 4.12. The number of amides is 1. The van der Waals surface area contributed by atoms with E-state index in [-0.39, 0.29) is 11.9 Å². The first-order chi connectivity index (χ1) is 11.2. The fraction of sp³-hybridized carbons (Fsp3) is 0.412. The smallest absolute Gasteiger partial charge is 0.274 e. The Bertz CT molecular complexity index is 683. The minimum Gasteiger partial charge on any atom is -0.493 e. The Kier molecular flexibility index (Phi) is 4.50. The molecule has 1 aliphatic heterocycles. The molecule has 1 atom stereocenters. The Balaban J connectivity index is 1.64. The Morgan fingerprint density at radius 3 is 2.87 bits per heavy atom. The Morgan fingerprint density at radius 2 is 2.17 bits per heavy atom. The zero-order valence-electron chi connectivity index (χ0n) is 13.4. The third kappa shape index (κ3) is 3.31. The first kappa shape index (κ1) is 15.4. The van der Waals surface area contributed by atoms with Gasteiger partial charge in [0.25, 0.3) is 5.91 Å². The number of carbonyl (C=O) groups is 1. The molecule has 1 aromatic heterocycles. The van der Waals surface area contributed by atoms with Crippen molar-refractivity contribution in [3.05, 3.63) is 41.7 Å². The van der Waals surface area contributed by atoms with Crippen molar-refractivity contribution in [1.29, 1.82) is 0 Å². The van der Waals surface area contributed by atoms with Gasteiger partial charge in [-0.25, -0.2) is 0 Å². The zero-order valence-corrected chi connectivity index (χ0v) is 13.4. The molecule has 3 rings (SSSR count). The number of para-hydroxylation sites is 2. The van der Waals surface area contributed by atoms with Gasteiger partial charge < -0.3 is 14.4 Å². The van der Waals surface area contributed by atoms with Crippen molar-refractivity contribution in [3.8, 4) is 11.5 Å². The molecule has 1 aliphatic rings. The molecule has 6 heteroatoms. The predicted molar refractivity (Wildman–Crippen MR) is 85.6 cm³/mol. The van der Waals surface area contributed by atoms with Gasteiger partial charge in [0, 0.05) is 12.6 Å². The van der Waals surface area contributed by atoms with Crippen molar-refractivity contribution in [2.45, 2.75) is 32.4 Å². The number of likely N-dealkylation sites (tertiary alicyclic amines) is 1. The van der Waals surface area contributed by atoms with Gasteiger partial charge in [0.15, 0.2) is 17.2 Å². The van der Waals surface area contributed by atoms with Crippen LogP contribution in [0.2, 0.25) is 0 Å². The van der Waals surface area contributed by atoms with Gasteiger partial charge in [0.05, 0.1) is 12.8 Å². The van der Waals surface area contributed by atoms with Crippen molar-refractivity contribution < 1.29 is 14.3 Å². The lowest BCUT2D eigenvalue weighted by Gasteiger charge is -2.19. The summed E-state index contributed by atoms with van der Waals surface area (Å²) < 4.78 is 11.0. The highest BCUT2D eigenvalue weighted by Gasteiger charge is 2.27. The summed E-state index contributed by atoms with van der Waals surface area (Å²) in [6.07, 6.45) is 2.11. The van der Waals surface area contributed by atoms with Crippen LogP contribution in [-0.2, 0) is 6.61 Å². The first-order valence-electron chi connectivity index (χ1n) is 7.80. The second kappa shape index (κ2) is 6.73. The number of benzene rings is 1. The van der Waals surface area contributed by atoms with Gasteiger partial charge in [0.1, 0.15) is 6.61 Å². The maximum Gasteiger partial charge on any atom is 0.274 e. The van der Waals surface area contributed by atoms with Crippen LogP contribution in [-0.4, -0.2) is 40.7 Å². The molecule has 2 aromatic rings. The van der Waals surface area contributed by atoms with E-state index in [4.69, 9.17) is 9.47 Å². The average Bonchev–Trinajstić information content (AvgIpc) is 3.21. The highest BCUT2D eigenvalue weighted by molar-refractivity contribution is 5.92. The molecule has 1 fully saturated rings. The van der Waals surface area contributed by atoms with Gasteiger partial charge in [-0.1, -0.05) is 12.1 Å². The van der Waals surface area contributed by atoms with Gasteiger partial charge in [-0.15, -0.1) is 0 Å². The van der Waals surface area contributed by atoms with Crippen molar-refractivity contribution in [1.82, 2.24) is 15.1 Å². The summed E-state index contributed by atoms with van der Waals surface area (Å²) in [5, 5.41) is 6.99. The van der Waals surface area contributed by atoms with E-state index in [0.717, 1.165) is 25.1 Å². The van der Waals surface area contributed by atoms with E-state index >= 15 is 0 Å². The Morgan fingerprint density at radius 1 is 1.39 bits per heavy atom. The number of methoxy groups -OCH3 is 1. The monoisotopic (exact) mass is 315 g/mol. The molecule has 0 bridgehead atoms. The van der Waals surface area contributed by atoms with Gasteiger partial charge in [-0.05, 0) is 38.0 Å². The summed E-state index contributed by atoms with van der Waals surface area (Å²) in [5.74, 6) is 1.31. The molecular formula is C17H21N3O3. The first-order valence-corrected chi connectivity index (χ1v) is 7.80. The lowest BCUT2D eigenvalue weighted by Crippen LogP contribution is -2.33. The molecule has 1 N–H and O–H groups in total. The zero-order chi connectivity index (χ0) is 16.2. The molecule has 122 valence electrons. The maximum absolute atomic E-state index is 12.4. The van der Waals surface area contributed by atoms with E-state index in [1.54, 1.807) is 13.2 Å². The highest BCUT2D eigenvalue weighted by Crippen LogP contribution is 2.26. The number of ether oxygens (including phenoxy) is 2. The molecule has 0 aliphatic carbocycles. The van der Waals surface area contributed by atoms with E-state index in [1.165, 1.54) is 0 Å². The van der Waals surface area contributed by atoms with E-state index in [2.05, 4.69) is 17.1 Å². The van der Waals surface area contributed by atoms with Gasteiger partial charge in [-0.2, -0.15) is 5.10 Å². The summed E-state index contributed by atoms with van der Waals surface area (Å²) in [4.78, 5) is 14.3. The number of aromatic amines is 1. The number of H-pyrrole nitrogens is 1. The lowest BCUT2D eigenvalue weighted by molar-refractivity contribution is 0.0741. The van der Waals surface area contributed by atoms with Crippen LogP contribution in [0.1, 0.15) is 35.9 Å². The van der Waals surface area contributed by atoms with Crippen LogP contribution in [0, 0.1) is 0 Å². The molecular weight excluding hydrogens is 294 g/mol. The second-order valence-electron chi connectivity index (χ2n) is 5.71. The molecule has 1 amide bonds. The van der Waals surface area contributed by atoms with Crippen molar-refractivity contribution in [2.24, 2.45) is 0 Å². The minimum atomic E-state index is -0.0187. The number of aromatic nitrogens is 2. The van der Waals surface area contributed by atoms with E-state index < -0.39 is 0 Å². The number of rotatable bonds is 5. The highest BCUT2D eigenvalue weighted by atomic mass is 16.5. The van der Waals surface area contributed by atoms with Crippen molar-refractivity contribution in [2.75, 3.05) is 13.7 Å². The summed E-state index contributed by atoms with van der Waals surface area (Å²) in [5.41, 5.74) is 1.20. The largest absolute Gasteiger partial charge is 0.493 e. The van der Waals surface area contributed by atoms with Crippen LogP contribution in [0.15, 0.2) is 30.3 Å². The number of nitrogens with zero attached hydrogens (tertiary/aromatic N) is 2. The normalized spacial score (nSPS) is 17.3. The van der Waals surface area contributed by atoms with Gasteiger partial charge in [-0.3, -0.25) is 9.89 Å². The summed E-state index contributed by atoms with van der Waals surface area (Å²) in [7, 11) is 1.60. The molecule has 0 saturated carbocycles. The topological polar surface area (TPSA) is 67.5 Å². The molecule has 0 spiro atoms. The molecule has 1 aromatic carbocycles. The number of carbonyl (C=O) groups excluding carboxylic acids is 1. The Hall–Kier alpha value is -2.50. The van der Waals surface area contributed by atoms with E-state index in [1.807, 2.05) is 29.2 Å². The summed E-state index contributed by atoms with van der Waals surface area (Å²) >= 11 is 0. The van der Waals surface area contributed by atoms with Crippen LogP contribution in [0.5, 0.6) is 11.5 Å². The quantitative estimate of drug-likeness (QED) is 0.921. The van der Waals surface area contributed by atoms with E-state index in [0.29, 0.717) is 23.8 Å². The van der Waals surface area contributed by atoms with Crippen LogP contribution < -0.4 is 9.47 Å². The van der Waals surface area contributed by atoms with Crippen LogP contribution in [0.4, 0.5) is 0 Å². The second-order valence-corrected chi connectivity index (χ2v) is 5.71. The molecule has 0 unspecified atom stereocenters. The summed E-state index contributed by atoms with van der Waals surface area (Å²) in [6, 6.07) is 9.49. The molecule has 1 saturated heterocycles. The van der Waals surface area contributed by atoms with Gasteiger partial charge in [0.2, 0.25) is 0 Å². The van der Waals surface area contributed by atoms with Crippen molar-refractivity contribution >= 4 is 5.91 Å². The maximum atomic E-state index is 12.4. The fourth-order valence-corrected chi connectivity index (χ4v) is 2.82. The third-order valence-corrected chi connectivity index (χ3v) is 4.12. The van der Waals surface area contributed by atoms with Crippen LogP contribution in [0.3, 0.4) is 0 Å². The fourth-order valence-electron chi connectivity index (χ4n) is 2.82. The number of nitrogens with one attached hydrogen (secondary N) is 1. The molecule has 23 heavy (non-hydrogen) atoms. The van der Waals surface area contributed by atoms with Crippen LogP contribution in [0.25, 0.3) is 0 Å². The van der Waals surface area contributed by atoms with E-state index in [9.17, 15) is 4.79 Å². The number of hydrogen-bond acceptors (Lipinski definition) is 4.